The van der Waals surface area contributed by atoms with E-state index in [-0.39, 0.29) is 0 Å². The van der Waals surface area contributed by atoms with Crippen LogP contribution in [0.25, 0.3) is 0 Å². The van der Waals surface area contributed by atoms with E-state index in [1.165, 1.54) is 18.8 Å². The van der Waals surface area contributed by atoms with Gasteiger partial charge in [0, 0.05) is 0 Å². The summed E-state index contributed by atoms with van der Waals surface area (Å²) in [5, 5.41) is 0. The van der Waals surface area contributed by atoms with Crippen LogP contribution in [0.1, 0.15) is 58.3 Å². The van der Waals surface area contributed by atoms with Crippen LogP contribution in [0.2, 0.25) is 3.63 Å². The van der Waals surface area contributed by atoms with Crippen LogP contribution in [-0.4, -0.2) is 24.7 Å². The summed E-state index contributed by atoms with van der Waals surface area (Å²) in [5.74, 6) is 3.47. The van der Waals surface area contributed by atoms with Crippen molar-refractivity contribution >= 4 is 24.7 Å². The molecule has 4 fully saturated rings. The van der Waals surface area contributed by atoms with E-state index in [9.17, 15) is 0 Å². The Kier molecular flexibility index (Phi) is 2.91. The summed E-state index contributed by atoms with van der Waals surface area (Å²) in [6, 6.07) is 0. The second-order valence-electron chi connectivity index (χ2n) is 6.52. The minimum absolute atomic E-state index is 0.860. The van der Waals surface area contributed by atoms with Crippen LogP contribution in [0.15, 0.2) is 0 Å². The first-order valence-electron chi connectivity index (χ1n) is 6.91. The van der Waals surface area contributed by atoms with Crippen molar-refractivity contribution in [2.24, 2.45) is 23.2 Å². The number of hydrogen-bond acceptors (Lipinski definition) is 0. The van der Waals surface area contributed by atoms with Crippen LogP contribution < -0.4 is 0 Å². The normalized spacial score (nSPS) is 52.4. The molecule has 4 rings (SSSR count). The molecular formula is C14H23Bi. The zero-order valence-electron chi connectivity index (χ0n) is 9.91. The molecule has 1 heteroatoms. The van der Waals surface area contributed by atoms with Crippen molar-refractivity contribution in [3.8, 4) is 0 Å². The fraction of sp³-hybridized carbons (Fsp3) is 1.00. The molecule has 0 heterocycles. The first-order valence-corrected chi connectivity index (χ1v) is 8.92. The summed E-state index contributed by atoms with van der Waals surface area (Å²) in [5.41, 5.74) is 0.860. The van der Waals surface area contributed by atoms with Crippen LogP contribution in [-0.2, 0) is 0 Å². The Morgan fingerprint density at radius 2 is 1.80 bits per heavy atom. The maximum absolute atomic E-state index is 2.36. The second kappa shape index (κ2) is 3.97. The Morgan fingerprint density at radius 1 is 1.13 bits per heavy atom. The molecule has 2 radical (unpaired) electrons. The summed E-state index contributed by atoms with van der Waals surface area (Å²) in [6.45, 7) is 2.36. The summed E-state index contributed by atoms with van der Waals surface area (Å²) < 4.78 is 1.16. The fourth-order valence-electron chi connectivity index (χ4n) is 5.06. The van der Waals surface area contributed by atoms with E-state index in [4.69, 9.17) is 0 Å². The molecule has 4 aliphatic carbocycles. The van der Waals surface area contributed by atoms with Crippen LogP contribution in [0, 0.1) is 23.2 Å². The molecule has 3 unspecified atom stereocenters. The van der Waals surface area contributed by atoms with Crippen LogP contribution in [0.4, 0.5) is 0 Å². The van der Waals surface area contributed by atoms with Crippen LogP contribution >= 0.6 is 0 Å². The van der Waals surface area contributed by atoms with Gasteiger partial charge in [0.05, 0.1) is 0 Å². The molecular weight excluding hydrogens is 377 g/mol. The molecule has 84 valence electrons. The summed E-state index contributed by atoms with van der Waals surface area (Å²) in [6.07, 6.45) is 12.6. The van der Waals surface area contributed by atoms with Crippen molar-refractivity contribution in [1.29, 1.82) is 0 Å². The van der Waals surface area contributed by atoms with Gasteiger partial charge < -0.3 is 0 Å². The van der Waals surface area contributed by atoms with Crippen LogP contribution in [0.3, 0.4) is 0 Å². The molecule has 0 aliphatic heterocycles. The third-order valence-corrected chi connectivity index (χ3v) is 9.20. The van der Waals surface area contributed by atoms with Crippen molar-refractivity contribution in [3.63, 3.8) is 0 Å². The van der Waals surface area contributed by atoms with E-state index >= 15 is 0 Å². The molecule has 0 spiro atoms. The third-order valence-electron chi connectivity index (χ3n) is 5.43. The zero-order valence-corrected chi connectivity index (χ0v) is 13.4. The third kappa shape index (κ3) is 1.72. The molecule has 15 heavy (non-hydrogen) atoms. The van der Waals surface area contributed by atoms with Gasteiger partial charge in [-0.3, -0.25) is 0 Å². The van der Waals surface area contributed by atoms with E-state index in [1.54, 1.807) is 63.2 Å². The number of unbranched alkanes of at least 4 members (excludes halogenated alkanes) is 1. The molecule has 0 aromatic carbocycles. The van der Waals surface area contributed by atoms with Gasteiger partial charge in [-0.25, -0.2) is 0 Å². The average Bonchev–Trinajstić information content (AvgIpc) is 2.22. The Hall–Kier alpha value is 0.883. The second-order valence-corrected chi connectivity index (χ2v) is 8.68. The molecule has 0 aromatic rings. The van der Waals surface area contributed by atoms with Crippen molar-refractivity contribution in [1.82, 2.24) is 0 Å². The summed E-state index contributed by atoms with van der Waals surface area (Å²) >= 11 is 1.70. The van der Waals surface area contributed by atoms with E-state index in [0.717, 1.165) is 20.9 Å². The van der Waals surface area contributed by atoms with Gasteiger partial charge in [-0.2, -0.15) is 0 Å². The molecule has 4 saturated carbocycles. The van der Waals surface area contributed by atoms with Gasteiger partial charge in [0.15, 0.2) is 0 Å². The van der Waals surface area contributed by atoms with Gasteiger partial charge in [0.25, 0.3) is 0 Å². The first kappa shape index (κ1) is 11.0. The Balaban J connectivity index is 1.81. The molecule has 0 nitrogen and oxygen atoms in total. The molecule has 0 N–H and O–H groups in total. The zero-order chi connectivity index (χ0) is 10.5. The minimum atomic E-state index is 0.860. The summed E-state index contributed by atoms with van der Waals surface area (Å²) in [4.78, 5) is 0. The first-order chi connectivity index (χ1) is 7.23. The van der Waals surface area contributed by atoms with Crippen molar-refractivity contribution in [2.45, 2.75) is 61.9 Å². The predicted octanol–water partition coefficient (Wildman–Crippen LogP) is 3.96. The molecule has 3 atom stereocenters. The van der Waals surface area contributed by atoms with Gasteiger partial charge in [-0.1, -0.05) is 0 Å². The van der Waals surface area contributed by atoms with E-state index < -0.39 is 0 Å². The molecule has 4 bridgehead atoms. The number of rotatable bonds is 3. The maximum atomic E-state index is 2.36. The Labute approximate surface area is 109 Å². The molecule has 0 amide bonds. The quantitative estimate of drug-likeness (QED) is 0.630. The van der Waals surface area contributed by atoms with Crippen molar-refractivity contribution < 1.29 is 0 Å². The van der Waals surface area contributed by atoms with Crippen molar-refractivity contribution in [2.75, 3.05) is 0 Å². The Bertz CT molecular complexity index is 234. The van der Waals surface area contributed by atoms with Gasteiger partial charge in [-0.05, 0) is 0 Å². The number of hydrogen-bond donors (Lipinski definition) is 0. The standard InChI is InChI=1S/C14H23.Bi/c1-2-3-4-14-8-11-5-12(9-14)7-13(6-11)10-14;/h8,11-13H,2-7,9-10H2,1H3;. The van der Waals surface area contributed by atoms with E-state index in [0.29, 0.717) is 0 Å². The monoisotopic (exact) mass is 400 g/mol. The van der Waals surface area contributed by atoms with Gasteiger partial charge in [-0.15, -0.1) is 0 Å². The SMILES string of the molecule is CCCCC12CC3CC(CC(C3)[CH]1[Bi])C2. The van der Waals surface area contributed by atoms with E-state index in [1.807, 2.05) is 0 Å². The predicted molar refractivity (Wildman–Crippen MR) is 65.0 cm³/mol. The van der Waals surface area contributed by atoms with Crippen LogP contribution in [0.5, 0.6) is 0 Å². The van der Waals surface area contributed by atoms with Gasteiger partial charge >= 0.3 is 110 Å². The molecule has 4 aliphatic rings. The summed E-state index contributed by atoms with van der Waals surface area (Å²) in [7, 11) is 0. The molecule has 0 saturated heterocycles. The van der Waals surface area contributed by atoms with Gasteiger partial charge in [0.2, 0.25) is 0 Å². The van der Waals surface area contributed by atoms with Gasteiger partial charge in [0.1, 0.15) is 0 Å². The topological polar surface area (TPSA) is 0 Å². The fourth-order valence-corrected chi connectivity index (χ4v) is 7.33. The Morgan fingerprint density at radius 3 is 2.40 bits per heavy atom. The van der Waals surface area contributed by atoms with E-state index in [2.05, 4.69) is 6.92 Å². The molecule has 0 aromatic heterocycles. The average molecular weight is 400 g/mol. The van der Waals surface area contributed by atoms with Crippen molar-refractivity contribution in [3.05, 3.63) is 0 Å².